The average Bonchev–Trinajstić information content (AvgIpc) is 2.51. The Hall–Kier alpha value is -2.16. The summed E-state index contributed by atoms with van der Waals surface area (Å²) in [4.78, 5) is 5.23. The smallest absolute Gasteiger partial charge is 0.401 e. The molecule has 0 heterocycles. The van der Waals surface area contributed by atoms with Crippen molar-refractivity contribution in [3.63, 3.8) is 0 Å². The van der Waals surface area contributed by atoms with Gasteiger partial charge in [0.15, 0.2) is 17.5 Å². The molecular weight excluding hydrogens is 325 g/mol. The van der Waals surface area contributed by atoms with E-state index in [4.69, 9.17) is 9.47 Å². The highest BCUT2D eigenvalue weighted by Crippen LogP contribution is 2.29. The largest absolute Gasteiger partial charge is 0.493 e. The van der Waals surface area contributed by atoms with Crippen LogP contribution in [0.2, 0.25) is 0 Å². The molecule has 0 aliphatic heterocycles. The molecule has 0 aromatic heterocycles. The van der Waals surface area contributed by atoms with E-state index in [2.05, 4.69) is 15.6 Å². The summed E-state index contributed by atoms with van der Waals surface area (Å²) in [5, 5.41) is 6.00. The third-order valence-electron chi connectivity index (χ3n) is 3.11. The van der Waals surface area contributed by atoms with Crippen LogP contribution < -0.4 is 20.1 Å². The Morgan fingerprint density at radius 1 is 1.21 bits per heavy atom. The standard InChI is InChI=1S/C15H23F3N4O2/c1-19-14(20-7-8-22(2)10-15(16,17)18)21-11-5-6-12(23-3)13(9-11)24-4/h5-6,9H,7-8,10H2,1-4H3,(H2,19,20,21). The molecule has 2 N–H and O–H groups in total. The first-order chi connectivity index (χ1) is 11.3. The molecule has 0 saturated carbocycles. The number of alkyl halides is 3. The Kier molecular flexibility index (Phi) is 7.63. The third-order valence-corrected chi connectivity index (χ3v) is 3.11. The van der Waals surface area contributed by atoms with E-state index in [1.165, 1.54) is 19.1 Å². The van der Waals surface area contributed by atoms with Gasteiger partial charge in [-0.05, 0) is 19.2 Å². The normalized spacial score (nSPS) is 12.2. The summed E-state index contributed by atoms with van der Waals surface area (Å²) in [7, 11) is 6.07. The Morgan fingerprint density at radius 3 is 2.42 bits per heavy atom. The van der Waals surface area contributed by atoms with Crippen LogP contribution >= 0.6 is 0 Å². The van der Waals surface area contributed by atoms with Crippen molar-refractivity contribution >= 4 is 11.6 Å². The summed E-state index contributed by atoms with van der Waals surface area (Å²) in [6.07, 6.45) is -4.20. The summed E-state index contributed by atoms with van der Waals surface area (Å²) >= 11 is 0. The summed E-state index contributed by atoms with van der Waals surface area (Å²) in [6, 6.07) is 5.26. The van der Waals surface area contributed by atoms with Gasteiger partial charge in [-0.2, -0.15) is 13.2 Å². The third kappa shape index (κ3) is 6.95. The monoisotopic (exact) mass is 348 g/mol. The quantitative estimate of drug-likeness (QED) is 0.584. The van der Waals surface area contributed by atoms with Gasteiger partial charge in [-0.1, -0.05) is 0 Å². The lowest BCUT2D eigenvalue weighted by molar-refractivity contribution is -0.142. The van der Waals surface area contributed by atoms with Crippen LogP contribution in [0.3, 0.4) is 0 Å². The SMILES string of the molecule is CN=C(NCCN(C)CC(F)(F)F)Nc1ccc(OC)c(OC)c1. The van der Waals surface area contributed by atoms with Gasteiger partial charge in [-0.3, -0.25) is 9.89 Å². The van der Waals surface area contributed by atoms with Crippen molar-refractivity contribution in [2.75, 3.05) is 53.3 Å². The maximum atomic E-state index is 12.3. The van der Waals surface area contributed by atoms with E-state index in [0.29, 0.717) is 29.7 Å². The predicted octanol–water partition coefficient (Wildman–Crippen LogP) is 2.19. The Labute approximate surface area is 139 Å². The first-order valence-electron chi connectivity index (χ1n) is 7.24. The van der Waals surface area contributed by atoms with Crippen LogP contribution in [0, 0.1) is 0 Å². The van der Waals surface area contributed by atoms with E-state index in [-0.39, 0.29) is 6.54 Å². The number of nitrogens with one attached hydrogen (secondary N) is 2. The zero-order valence-electron chi connectivity index (χ0n) is 14.2. The molecule has 0 amide bonds. The predicted molar refractivity (Wildman–Crippen MR) is 88.1 cm³/mol. The molecule has 0 aliphatic carbocycles. The second-order valence-corrected chi connectivity index (χ2v) is 5.05. The van der Waals surface area contributed by atoms with Gasteiger partial charge in [0.05, 0.1) is 20.8 Å². The van der Waals surface area contributed by atoms with E-state index < -0.39 is 12.7 Å². The molecule has 0 radical (unpaired) electrons. The second kappa shape index (κ2) is 9.21. The maximum Gasteiger partial charge on any atom is 0.401 e. The number of halogens is 3. The molecule has 0 aliphatic rings. The molecule has 0 atom stereocenters. The van der Waals surface area contributed by atoms with Crippen molar-refractivity contribution in [1.29, 1.82) is 0 Å². The number of nitrogens with zero attached hydrogens (tertiary/aromatic N) is 2. The molecule has 9 heteroatoms. The molecule has 0 saturated heterocycles. The Bertz CT molecular complexity index is 550. The number of benzene rings is 1. The summed E-state index contributed by atoms with van der Waals surface area (Å²) in [6.45, 7) is -0.401. The van der Waals surface area contributed by atoms with E-state index in [1.54, 1.807) is 32.4 Å². The first-order valence-corrected chi connectivity index (χ1v) is 7.24. The first kappa shape index (κ1) is 19.9. The molecule has 1 aromatic carbocycles. The number of likely N-dealkylation sites (N-methyl/N-ethyl adjacent to an activating group) is 1. The summed E-state index contributed by atoms with van der Waals surface area (Å²) in [5.41, 5.74) is 0.712. The van der Waals surface area contributed by atoms with Crippen molar-refractivity contribution in [1.82, 2.24) is 10.2 Å². The van der Waals surface area contributed by atoms with E-state index in [9.17, 15) is 13.2 Å². The number of guanidine groups is 1. The molecule has 136 valence electrons. The number of aliphatic imine (C=N–C) groups is 1. The molecule has 0 unspecified atom stereocenters. The van der Waals surface area contributed by atoms with Gasteiger partial charge in [0.1, 0.15) is 0 Å². The summed E-state index contributed by atoms with van der Waals surface area (Å²) in [5.74, 6) is 1.60. The number of ether oxygens (including phenoxy) is 2. The molecule has 0 fully saturated rings. The van der Waals surface area contributed by atoms with Crippen LogP contribution in [0.1, 0.15) is 0 Å². The minimum Gasteiger partial charge on any atom is -0.493 e. The molecule has 0 bridgehead atoms. The van der Waals surface area contributed by atoms with Gasteiger partial charge in [0.2, 0.25) is 0 Å². The lowest BCUT2D eigenvalue weighted by Crippen LogP contribution is -2.39. The number of hydrogen-bond acceptors (Lipinski definition) is 4. The van der Waals surface area contributed by atoms with Gasteiger partial charge < -0.3 is 20.1 Å². The molecule has 6 nitrogen and oxygen atoms in total. The van der Waals surface area contributed by atoms with Crippen LogP contribution in [0.25, 0.3) is 0 Å². The van der Waals surface area contributed by atoms with Crippen LogP contribution in [-0.4, -0.2) is 65.0 Å². The van der Waals surface area contributed by atoms with Gasteiger partial charge in [0, 0.05) is 31.9 Å². The average molecular weight is 348 g/mol. The molecule has 1 rings (SSSR count). The van der Waals surface area contributed by atoms with Crippen molar-refractivity contribution in [2.45, 2.75) is 6.18 Å². The van der Waals surface area contributed by atoms with Crippen molar-refractivity contribution in [2.24, 2.45) is 4.99 Å². The van der Waals surface area contributed by atoms with Gasteiger partial charge in [-0.15, -0.1) is 0 Å². The van der Waals surface area contributed by atoms with Crippen molar-refractivity contribution in [3.05, 3.63) is 18.2 Å². The molecule has 0 spiro atoms. The number of methoxy groups -OCH3 is 2. The van der Waals surface area contributed by atoms with Crippen molar-refractivity contribution < 1.29 is 22.6 Å². The fraction of sp³-hybridized carbons (Fsp3) is 0.533. The lowest BCUT2D eigenvalue weighted by atomic mass is 10.3. The van der Waals surface area contributed by atoms with E-state index in [0.717, 1.165) is 0 Å². The number of hydrogen-bond donors (Lipinski definition) is 2. The molecular formula is C15H23F3N4O2. The fourth-order valence-electron chi connectivity index (χ4n) is 1.98. The van der Waals surface area contributed by atoms with Crippen LogP contribution in [-0.2, 0) is 0 Å². The highest BCUT2D eigenvalue weighted by molar-refractivity contribution is 5.93. The number of rotatable bonds is 7. The topological polar surface area (TPSA) is 58.1 Å². The maximum absolute atomic E-state index is 12.3. The van der Waals surface area contributed by atoms with Crippen LogP contribution in [0.5, 0.6) is 11.5 Å². The fourth-order valence-corrected chi connectivity index (χ4v) is 1.98. The van der Waals surface area contributed by atoms with E-state index in [1.807, 2.05) is 0 Å². The highest BCUT2D eigenvalue weighted by Gasteiger charge is 2.28. The van der Waals surface area contributed by atoms with Gasteiger partial charge in [-0.25, -0.2) is 0 Å². The van der Waals surface area contributed by atoms with Crippen molar-refractivity contribution in [3.8, 4) is 11.5 Å². The van der Waals surface area contributed by atoms with E-state index >= 15 is 0 Å². The van der Waals surface area contributed by atoms with Gasteiger partial charge in [0.25, 0.3) is 0 Å². The lowest BCUT2D eigenvalue weighted by Gasteiger charge is -2.19. The molecule has 24 heavy (non-hydrogen) atoms. The van der Waals surface area contributed by atoms with Crippen LogP contribution in [0.15, 0.2) is 23.2 Å². The Morgan fingerprint density at radius 2 is 1.88 bits per heavy atom. The number of anilines is 1. The zero-order chi connectivity index (χ0) is 18.2. The zero-order valence-corrected chi connectivity index (χ0v) is 14.2. The van der Waals surface area contributed by atoms with Crippen LogP contribution in [0.4, 0.5) is 18.9 Å². The second-order valence-electron chi connectivity index (χ2n) is 5.05. The van der Waals surface area contributed by atoms with Gasteiger partial charge >= 0.3 is 6.18 Å². The minimum atomic E-state index is -4.20. The minimum absolute atomic E-state index is 0.228. The molecule has 1 aromatic rings. The Balaban J connectivity index is 2.54. The highest BCUT2D eigenvalue weighted by atomic mass is 19.4. The summed E-state index contributed by atoms with van der Waals surface area (Å²) < 4.78 is 47.1.